The van der Waals surface area contributed by atoms with Crippen molar-refractivity contribution < 1.29 is 14.6 Å². The molecule has 8 heteroatoms. The van der Waals surface area contributed by atoms with E-state index in [9.17, 15) is 14.9 Å². The van der Waals surface area contributed by atoms with E-state index in [2.05, 4.69) is 5.16 Å². The average Bonchev–Trinajstić information content (AvgIpc) is 3.24. The lowest BCUT2D eigenvalue weighted by Crippen LogP contribution is -2.36. The third-order valence-corrected chi connectivity index (χ3v) is 4.18. The molecule has 1 amide bonds. The molecule has 25 heavy (non-hydrogen) atoms. The van der Waals surface area contributed by atoms with Crippen molar-refractivity contribution in [3.05, 3.63) is 64.0 Å². The highest BCUT2D eigenvalue weighted by atomic mass is 16.6. The molecule has 0 bridgehead atoms. The van der Waals surface area contributed by atoms with Gasteiger partial charge in [-0.25, -0.2) is 0 Å². The van der Waals surface area contributed by atoms with Crippen LogP contribution in [-0.2, 0) is 23.2 Å². The molecular formula is C17H18N4O4. The molecule has 1 atom stereocenters. The number of hydrogen-bond acceptors (Lipinski definition) is 5. The van der Waals surface area contributed by atoms with Crippen molar-refractivity contribution in [3.63, 3.8) is 0 Å². The minimum Gasteiger partial charge on any atom is -0.382 e. The molecular weight excluding hydrogens is 324 g/mol. The lowest BCUT2D eigenvalue weighted by Gasteiger charge is -2.20. The van der Waals surface area contributed by atoms with E-state index in [4.69, 9.17) is 4.84 Å². The molecule has 1 aliphatic rings. The molecule has 3 rings (SSSR count). The normalized spacial score (nSPS) is 16.2. The van der Waals surface area contributed by atoms with Crippen LogP contribution in [-0.4, -0.2) is 39.2 Å². The van der Waals surface area contributed by atoms with Gasteiger partial charge in [0.15, 0.2) is 0 Å². The molecule has 0 saturated heterocycles. The molecule has 2 heterocycles. The fraction of sp³-hybridized carbons (Fsp3) is 0.294. The third-order valence-electron chi connectivity index (χ3n) is 4.18. The predicted molar refractivity (Wildman–Crippen MR) is 91.0 cm³/mol. The van der Waals surface area contributed by atoms with Gasteiger partial charge in [0.25, 0.3) is 11.6 Å². The minimum absolute atomic E-state index is 0.0462. The van der Waals surface area contributed by atoms with Crippen LogP contribution in [0.15, 0.2) is 47.8 Å². The van der Waals surface area contributed by atoms with Crippen molar-refractivity contribution in [1.82, 2.24) is 9.47 Å². The van der Waals surface area contributed by atoms with E-state index in [0.29, 0.717) is 17.8 Å². The van der Waals surface area contributed by atoms with Crippen LogP contribution in [0.3, 0.4) is 0 Å². The summed E-state index contributed by atoms with van der Waals surface area (Å²) in [6.45, 7) is 0.447. The van der Waals surface area contributed by atoms with Crippen molar-refractivity contribution in [3.8, 4) is 0 Å². The Kier molecular flexibility index (Phi) is 4.51. The van der Waals surface area contributed by atoms with E-state index in [1.54, 1.807) is 30.1 Å². The number of amides is 1. The average molecular weight is 342 g/mol. The highest BCUT2D eigenvalue weighted by Crippen LogP contribution is 2.25. The summed E-state index contributed by atoms with van der Waals surface area (Å²) in [7, 11) is 3.61. The fourth-order valence-corrected chi connectivity index (χ4v) is 2.77. The number of aromatic nitrogens is 1. The Balaban J connectivity index is 1.69. The predicted octanol–water partition coefficient (Wildman–Crippen LogP) is 2.08. The Morgan fingerprint density at radius 2 is 2.16 bits per heavy atom. The van der Waals surface area contributed by atoms with E-state index in [0.717, 1.165) is 5.69 Å². The van der Waals surface area contributed by atoms with E-state index in [1.165, 1.54) is 6.07 Å². The third kappa shape index (κ3) is 3.37. The SMILES string of the molecule is CN(Cc1cccn1C)C(=O)[C@H]1CC(c2ccccc2[N+](=O)[O-])=NO1. The monoisotopic (exact) mass is 342 g/mol. The first kappa shape index (κ1) is 16.7. The van der Waals surface area contributed by atoms with Gasteiger partial charge in [-0.1, -0.05) is 17.3 Å². The first-order valence-corrected chi connectivity index (χ1v) is 7.79. The van der Waals surface area contributed by atoms with Crippen LogP contribution in [0.5, 0.6) is 0 Å². The van der Waals surface area contributed by atoms with Crippen LogP contribution in [0.25, 0.3) is 0 Å². The number of para-hydroxylation sites is 1. The van der Waals surface area contributed by atoms with Gasteiger partial charge in [-0.2, -0.15) is 0 Å². The van der Waals surface area contributed by atoms with Crippen molar-refractivity contribution in [1.29, 1.82) is 0 Å². The standard InChI is InChI=1S/C17H18N4O4/c1-19-9-5-6-12(19)11-20(2)17(22)16-10-14(18-25-16)13-7-3-4-8-15(13)21(23)24/h3-9,16H,10-11H2,1-2H3/t16-/m1/s1. The van der Waals surface area contributed by atoms with Crippen molar-refractivity contribution >= 4 is 17.3 Å². The van der Waals surface area contributed by atoms with Crippen LogP contribution >= 0.6 is 0 Å². The first-order valence-electron chi connectivity index (χ1n) is 7.79. The summed E-state index contributed by atoms with van der Waals surface area (Å²) in [5.74, 6) is -0.210. The number of aryl methyl sites for hydroxylation is 1. The summed E-state index contributed by atoms with van der Waals surface area (Å²) in [5, 5.41) is 15.1. The molecule has 1 aromatic heterocycles. The number of carbonyl (C=O) groups excluding carboxylic acids is 1. The summed E-state index contributed by atoms with van der Waals surface area (Å²) in [5.41, 5.74) is 1.75. The Hall–Kier alpha value is -3.16. The van der Waals surface area contributed by atoms with Crippen LogP contribution in [0.1, 0.15) is 17.7 Å². The van der Waals surface area contributed by atoms with Crippen LogP contribution < -0.4 is 0 Å². The minimum atomic E-state index is -0.764. The topological polar surface area (TPSA) is 90.0 Å². The van der Waals surface area contributed by atoms with Gasteiger partial charge in [0.1, 0.15) is 0 Å². The van der Waals surface area contributed by atoms with Gasteiger partial charge >= 0.3 is 0 Å². The van der Waals surface area contributed by atoms with E-state index >= 15 is 0 Å². The van der Waals surface area contributed by atoms with E-state index in [1.807, 2.05) is 29.9 Å². The molecule has 0 radical (unpaired) electrons. The largest absolute Gasteiger partial charge is 0.382 e. The maximum atomic E-state index is 12.6. The highest BCUT2D eigenvalue weighted by molar-refractivity contribution is 6.06. The fourth-order valence-electron chi connectivity index (χ4n) is 2.77. The molecule has 8 nitrogen and oxygen atoms in total. The van der Waals surface area contributed by atoms with Crippen LogP contribution in [0.4, 0.5) is 5.69 Å². The molecule has 2 aromatic rings. The summed E-state index contributed by atoms with van der Waals surface area (Å²) < 4.78 is 1.94. The molecule has 1 aliphatic heterocycles. The first-order chi connectivity index (χ1) is 12.0. The van der Waals surface area contributed by atoms with Gasteiger partial charge in [0.2, 0.25) is 6.10 Å². The summed E-state index contributed by atoms with van der Waals surface area (Å²) >= 11 is 0. The van der Waals surface area contributed by atoms with Gasteiger partial charge in [-0.3, -0.25) is 14.9 Å². The number of rotatable bonds is 5. The quantitative estimate of drug-likeness (QED) is 0.614. The number of carbonyl (C=O) groups is 1. The molecule has 1 aromatic carbocycles. The molecule has 0 saturated carbocycles. The van der Waals surface area contributed by atoms with Crippen molar-refractivity contribution in [2.75, 3.05) is 7.05 Å². The number of hydrogen-bond donors (Lipinski definition) is 0. The maximum Gasteiger partial charge on any atom is 0.278 e. The number of benzene rings is 1. The second-order valence-electron chi connectivity index (χ2n) is 5.92. The lowest BCUT2D eigenvalue weighted by atomic mass is 10.0. The Bertz CT molecular complexity index is 843. The van der Waals surface area contributed by atoms with Gasteiger partial charge in [0.05, 0.1) is 22.7 Å². The second-order valence-corrected chi connectivity index (χ2v) is 5.92. The lowest BCUT2D eigenvalue weighted by molar-refractivity contribution is -0.385. The zero-order valence-electron chi connectivity index (χ0n) is 14.0. The van der Waals surface area contributed by atoms with Gasteiger partial charge in [0, 0.05) is 38.5 Å². The number of oxime groups is 1. The second kappa shape index (κ2) is 6.76. The van der Waals surface area contributed by atoms with Gasteiger partial charge in [-0.15, -0.1) is 0 Å². The number of nitro benzene ring substituents is 1. The Morgan fingerprint density at radius 3 is 2.84 bits per heavy atom. The Labute approximate surface area is 144 Å². The summed E-state index contributed by atoms with van der Waals surface area (Å²) in [4.78, 5) is 30.1. The summed E-state index contributed by atoms with van der Waals surface area (Å²) in [6.07, 6.45) is 1.36. The molecule has 0 N–H and O–H groups in total. The van der Waals surface area contributed by atoms with Gasteiger partial charge in [-0.05, 0) is 18.2 Å². The van der Waals surface area contributed by atoms with Gasteiger partial charge < -0.3 is 14.3 Å². The molecule has 0 unspecified atom stereocenters. The number of nitro groups is 1. The van der Waals surface area contributed by atoms with Crippen molar-refractivity contribution in [2.45, 2.75) is 19.1 Å². The van der Waals surface area contributed by atoms with Crippen molar-refractivity contribution in [2.24, 2.45) is 12.2 Å². The van der Waals surface area contributed by atoms with Crippen LogP contribution in [0.2, 0.25) is 0 Å². The Morgan fingerprint density at radius 1 is 1.40 bits per heavy atom. The smallest absolute Gasteiger partial charge is 0.278 e. The molecule has 0 spiro atoms. The maximum absolute atomic E-state index is 12.6. The molecule has 0 fully saturated rings. The van der Waals surface area contributed by atoms with E-state index < -0.39 is 11.0 Å². The van der Waals surface area contributed by atoms with Crippen LogP contribution in [0, 0.1) is 10.1 Å². The molecule has 0 aliphatic carbocycles. The number of likely N-dealkylation sites (N-methyl/N-ethyl adjacent to an activating group) is 1. The molecule has 130 valence electrons. The zero-order valence-corrected chi connectivity index (χ0v) is 14.0. The highest BCUT2D eigenvalue weighted by Gasteiger charge is 2.33. The number of nitrogens with zero attached hydrogens (tertiary/aromatic N) is 4. The summed E-state index contributed by atoms with van der Waals surface area (Å²) in [6, 6.07) is 10.2. The van der Waals surface area contributed by atoms with E-state index in [-0.39, 0.29) is 18.0 Å². The zero-order chi connectivity index (χ0) is 18.0.